The Bertz CT molecular complexity index is 510. The van der Waals surface area contributed by atoms with Crippen LogP contribution in [0.3, 0.4) is 0 Å². The maximum absolute atomic E-state index is 12.0. The Morgan fingerprint density at radius 3 is 2.43 bits per heavy atom. The second-order valence-corrected chi connectivity index (χ2v) is 5.79. The molecule has 1 aliphatic heterocycles. The van der Waals surface area contributed by atoms with Crippen molar-refractivity contribution in [2.24, 2.45) is 5.92 Å². The smallest absolute Gasteiger partial charge is 0.389 e. The molecule has 2 rings (SSSR count). The highest BCUT2D eigenvalue weighted by atomic mass is 19.4. The molecule has 1 heterocycles. The van der Waals surface area contributed by atoms with Gasteiger partial charge in [-0.1, -0.05) is 12.1 Å². The van der Waals surface area contributed by atoms with Crippen LogP contribution in [-0.2, 0) is 11.3 Å². The molecule has 0 amide bonds. The van der Waals surface area contributed by atoms with E-state index >= 15 is 0 Å². The number of aliphatic carboxylic acids is 1. The predicted octanol–water partition coefficient (Wildman–Crippen LogP) is 3.31. The van der Waals surface area contributed by atoms with Crippen molar-refractivity contribution in [1.82, 2.24) is 4.90 Å². The largest absolute Gasteiger partial charge is 0.494 e. The van der Waals surface area contributed by atoms with Gasteiger partial charge in [-0.25, -0.2) is 0 Å². The number of hydrogen-bond donors (Lipinski definition) is 1. The Morgan fingerprint density at radius 1 is 1.22 bits per heavy atom. The summed E-state index contributed by atoms with van der Waals surface area (Å²) in [5.74, 6) is -0.391. The van der Waals surface area contributed by atoms with E-state index in [-0.39, 0.29) is 18.9 Å². The zero-order valence-corrected chi connectivity index (χ0v) is 12.7. The molecule has 0 bridgehead atoms. The third-order valence-electron chi connectivity index (χ3n) is 3.76. The van der Waals surface area contributed by atoms with Gasteiger partial charge in [0.15, 0.2) is 0 Å². The molecule has 1 saturated heterocycles. The number of rotatable bonds is 8. The third kappa shape index (κ3) is 6.09. The summed E-state index contributed by atoms with van der Waals surface area (Å²) in [7, 11) is 0. The highest BCUT2D eigenvalue weighted by molar-refractivity contribution is 5.71. The van der Waals surface area contributed by atoms with E-state index in [1.165, 1.54) is 0 Å². The van der Waals surface area contributed by atoms with Crippen LogP contribution in [0.1, 0.15) is 24.8 Å². The van der Waals surface area contributed by atoms with E-state index in [4.69, 9.17) is 9.84 Å². The van der Waals surface area contributed by atoms with Crippen LogP contribution >= 0.6 is 0 Å². The number of halogens is 3. The van der Waals surface area contributed by atoms with Crippen LogP contribution in [0.25, 0.3) is 0 Å². The summed E-state index contributed by atoms with van der Waals surface area (Å²) in [6.45, 7) is 2.08. The van der Waals surface area contributed by atoms with Crippen LogP contribution in [-0.4, -0.2) is 41.8 Å². The first-order valence-corrected chi connectivity index (χ1v) is 7.57. The Hall–Kier alpha value is -1.76. The summed E-state index contributed by atoms with van der Waals surface area (Å²) in [5.41, 5.74) is 1.05. The molecule has 0 saturated carbocycles. The van der Waals surface area contributed by atoms with Gasteiger partial charge in [-0.15, -0.1) is 0 Å². The number of alkyl halides is 3. The van der Waals surface area contributed by atoms with Crippen LogP contribution in [0, 0.1) is 5.92 Å². The molecule has 1 N–H and O–H groups in total. The van der Waals surface area contributed by atoms with Crippen LogP contribution < -0.4 is 4.74 Å². The number of hydrogen-bond acceptors (Lipinski definition) is 3. The van der Waals surface area contributed by atoms with Gasteiger partial charge in [-0.05, 0) is 30.5 Å². The Labute approximate surface area is 132 Å². The van der Waals surface area contributed by atoms with E-state index < -0.39 is 18.6 Å². The second-order valence-electron chi connectivity index (χ2n) is 5.79. The van der Waals surface area contributed by atoms with Gasteiger partial charge in [0, 0.05) is 26.1 Å². The minimum atomic E-state index is -4.10. The first-order chi connectivity index (χ1) is 10.8. The van der Waals surface area contributed by atoms with Crippen LogP contribution in [0.15, 0.2) is 24.3 Å². The minimum absolute atomic E-state index is 0.0707. The van der Waals surface area contributed by atoms with Gasteiger partial charge >= 0.3 is 12.1 Å². The molecule has 23 heavy (non-hydrogen) atoms. The summed E-state index contributed by atoms with van der Waals surface area (Å²) < 4.78 is 41.3. The summed E-state index contributed by atoms with van der Waals surface area (Å²) >= 11 is 0. The zero-order valence-electron chi connectivity index (χ0n) is 12.7. The van der Waals surface area contributed by atoms with Gasteiger partial charge in [0.2, 0.25) is 0 Å². The third-order valence-corrected chi connectivity index (χ3v) is 3.76. The number of likely N-dealkylation sites (tertiary alicyclic amines) is 1. The molecule has 1 fully saturated rings. The molecule has 0 radical (unpaired) electrons. The van der Waals surface area contributed by atoms with Crippen LogP contribution in [0.4, 0.5) is 13.2 Å². The SMILES string of the molecule is O=C(O)C1CN(Cc2ccc(OCCCCC(F)(F)F)cc2)C1. The normalized spacial score (nSPS) is 16.1. The molecule has 0 aliphatic carbocycles. The Morgan fingerprint density at radius 2 is 1.87 bits per heavy atom. The molecular formula is C16H20F3NO3. The Kier molecular flexibility index (Phi) is 5.87. The molecular weight excluding hydrogens is 311 g/mol. The maximum atomic E-state index is 12.0. The fraction of sp³-hybridized carbons (Fsp3) is 0.562. The molecule has 1 aromatic rings. The van der Waals surface area contributed by atoms with Crippen molar-refractivity contribution in [3.8, 4) is 5.75 Å². The number of ether oxygens (including phenoxy) is 1. The second kappa shape index (κ2) is 7.68. The topological polar surface area (TPSA) is 49.8 Å². The van der Waals surface area contributed by atoms with E-state index in [0.717, 1.165) is 5.56 Å². The number of benzene rings is 1. The fourth-order valence-corrected chi connectivity index (χ4v) is 2.42. The van der Waals surface area contributed by atoms with Crippen molar-refractivity contribution in [3.05, 3.63) is 29.8 Å². The molecule has 4 nitrogen and oxygen atoms in total. The molecule has 1 aliphatic rings. The van der Waals surface area contributed by atoms with Gasteiger partial charge < -0.3 is 9.84 Å². The molecule has 0 atom stereocenters. The minimum Gasteiger partial charge on any atom is -0.494 e. The van der Waals surface area contributed by atoms with Crippen molar-refractivity contribution in [2.45, 2.75) is 32.0 Å². The van der Waals surface area contributed by atoms with Crippen molar-refractivity contribution < 1.29 is 27.8 Å². The lowest BCUT2D eigenvalue weighted by Crippen LogP contribution is -2.49. The number of nitrogens with zero attached hydrogens (tertiary/aromatic N) is 1. The van der Waals surface area contributed by atoms with E-state index in [0.29, 0.717) is 31.8 Å². The summed E-state index contributed by atoms with van der Waals surface area (Å²) in [6, 6.07) is 7.35. The average molecular weight is 331 g/mol. The van der Waals surface area contributed by atoms with Gasteiger partial charge in [0.05, 0.1) is 12.5 Å². The van der Waals surface area contributed by atoms with Gasteiger partial charge in [0.1, 0.15) is 5.75 Å². The van der Waals surface area contributed by atoms with Gasteiger partial charge in [0.25, 0.3) is 0 Å². The lowest BCUT2D eigenvalue weighted by molar-refractivity contribution is -0.147. The maximum Gasteiger partial charge on any atom is 0.389 e. The molecule has 1 aromatic carbocycles. The first kappa shape index (κ1) is 17.6. The summed E-state index contributed by atoms with van der Waals surface area (Å²) in [4.78, 5) is 12.8. The molecule has 0 spiro atoms. The average Bonchev–Trinajstić information content (AvgIpc) is 2.42. The van der Waals surface area contributed by atoms with E-state index in [2.05, 4.69) is 0 Å². The number of carboxylic acids is 1. The lowest BCUT2D eigenvalue weighted by Gasteiger charge is -2.36. The van der Waals surface area contributed by atoms with E-state index in [1.54, 1.807) is 12.1 Å². The molecule has 7 heteroatoms. The molecule has 0 unspecified atom stereocenters. The molecule has 128 valence electrons. The fourth-order valence-electron chi connectivity index (χ4n) is 2.42. The van der Waals surface area contributed by atoms with Crippen molar-refractivity contribution >= 4 is 5.97 Å². The van der Waals surface area contributed by atoms with Crippen molar-refractivity contribution in [3.63, 3.8) is 0 Å². The van der Waals surface area contributed by atoms with Crippen molar-refractivity contribution in [1.29, 1.82) is 0 Å². The van der Waals surface area contributed by atoms with Gasteiger partial charge in [-0.2, -0.15) is 13.2 Å². The van der Waals surface area contributed by atoms with E-state index in [9.17, 15) is 18.0 Å². The number of carboxylic acid groups (broad SMARTS) is 1. The van der Waals surface area contributed by atoms with Crippen LogP contribution in [0.2, 0.25) is 0 Å². The highest BCUT2D eigenvalue weighted by Crippen LogP contribution is 2.23. The summed E-state index contributed by atoms with van der Waals surface area (Å²) in [6.07, 6.45) is -4.44. The first-order valence-electron chi connectivity index (χ1n) is 7.57. The zero-order chi connectivity index (χ0) is 16.9. The standard InChI is InChI=1S/C16H20F3NO3/c17-16(18,19)7-1-2-8-23-14-5-3-12(4-6-14)9-20-10-13(11-20)15(21)22/h3-6,13H,1-2,7-11H2,(H,21,22). The lowest BCUT2D eigenvalue weighted by atomic mass is 10.00. The molecule has 0 aromatic heterocycles. The highest BCUT2D eigenvalue weighted by Gasteiger charge is 2.32. The van der Waals surface area contributed by atoms with Crippen molar-refractivity contribution in [2.75, 3.05) is 19.7 Å². The monoisotopic (exact) mass is 331 g/mol. The Balaban J connectivity index is 1.64. The predicted molar refractivity (Wildman–Crippen MR) is 78.2 cm³/mol. The number of carbonyl (C=O) groups is 1. The van der Waals surface area contributed by atoms with E-state index in [1.807, 2.05) is 17.0 Å². The quantitative estimate of drug-likeness (QED) is 0.743. The van der Waals surface area contributed by atoms with Crippen LogP contribution in [0.5, 0.6) is 5.75 Å². The summed E-state index contributed by atoms with van der Waals surface area (Å²) in [5, 5.41) is 8.81. The number of unbranched alkanes of at least 4 members (excludes halogenated alkanes) is 1. The van der Waals surface area contributed by atoms with Gasteiger partial charge in [-0.3, -0.25) is 9.69 Å².